The molecule has 0 aliphatic carbocycles. The van der Waals surface area contributed by atoms with Crippen LogP contribution in [-0.2, 0) is 16.6 Å². The third-order valence-electron chi connectivity index (χ3n) is 3.68. The summed E-state index contributed by atoms with van der Waals surface area (Å²) in [4.78, 5) is 11.1. The Hall–Kier alpha value is -1.71. The molecular formula is C16H22O4. The Morgan fingerprint density at radius 3 is 2.40 bits per heavy atom. The van der Waals surface area contributed by atoms with Crippen LogP contribution in [0.3, 0.4) is 0 Å². The molecule has 0 atom stereocenters. The molecule has 1 N–H and O–H groups in total. The van der Waals surface area contributed by atoms with Crippen LogP contribution in [0.5, 0.6) is 11.5 Å². The van der Waals surface area contributed by atoms with Crippen LogP contribution in [0.4, 0.5) is 0 Å². The third-order valence-corrected chi connectivity index (χ3v) is 3.68. The van der Waals surface area contributed by atoms with Crippen molar-refractivity contribution in [1.82, 2.24) is 0 Å². The predicted octanol–water partition coefficient (Wildman–Crippen LogP) is 3.16. The molecule has 0 fully saturated rings. The molecule has 1 aromatic carbocycles. The topological polar surface area (TPSA) is 55.8 Å². The van der Waals surface area contributed by atoms with E-state index in [1.54, 1.807) is 0 Å². The number of carbonyl (C=O) groups is 1. The first-order valence-corrected chi connectivity index (χ1v) is 7.09. The minimum Gasteiger partial charge on any atom is -0.490 e. The van der Waals surface area contributed by atoms with E-state index in [9.17, 15) is 4.79 Å². The monoisotopic (exact) mass is 278 g/mol. The van der Waals surface area contributed by atoms with Crippen LogP contribution in [0.1, 0.15) is 44.7 Å². The van der Waals surface area contributed by atoms with Crippen LogP contribution >= 0.6 is 0 Å². The Labute approximate surface area is 119 Å². The Kier molecular flexibility index (Phi) is 4.21. The van der Waals surface area contributed by atoms with Crippen LogP contribution in [0.25, 0.3) is 0 Å². The largest absolute Gasteiger partial charge is 0.490 e. The van der Waals surface area contributed by atoms with Crippen LogP contribution in [0.15, 0.2) is 12.1 Å². The van der Waals surface area contributed by atoms with Gasteiger partial charge in [-0.05, 0) is 29.7 Å². The average molecular weight is 278 g/mol. The first-order chi connectivity index (χ1) is 9.44. The number of aliphatic carboxylic acids is 1. The van der Waals surface area contributed by atoms with Gasteiger partial charge in [0, 0.05) is 11.8 Å². The SMILES string of the molecule is CCc1cc2c(cc1C(C)(C)CC(=O)O)OCCCO2. The number of carboxylic acid groups (broad SMARTS) is 1. The number of ether oxygens (including phenoxy) is 2. The lowest BCUT2D eigenvalue weighted by molar-refractivity contribution is -0.138. The molecule has 1 aliphatic rings. The van der Waals surface area contributed by atoms with E-state index >= 15 is 0 Å². The van der Waals surface area contributed by atoms with Gasteiger partial charge in [0.25, 0.3) is 0 Å². The van der Waals surface area contributed by atoms with Crippen molar-refractivity contribution >= 4 is 5.97 Å². The highest BCUT2D eigenvalue weighted by Gasteiger charge is 2.28. The van der Waals surface area contributed by atoms with Gasteiger partial charge in [-0.1, -0.05) is 20.8 Å². The highest BCUT2D eigenvalue weighted by molar-refractivity contribution is 5.69. The van der Waals surface area contributed by atoms with E-state index in [0.717, 1.165) is 35.5 Å². The smallest absolute Gasteiger partial charge is 0.304 e. The molecule has 4 heteroatoms. The highest BCUT2D eigenvalue weighted by atomic mass is 16.5. The minimum absolute atomic E-state index is 0.0969. The third kappa shape index (κ3) is 3.06. The summed E-state index contributed by atoms with van der Waals surface area (Å²) in [7, 11) is 0. The lowest BCUT2D eigenvalue weighted by Gasteiger charge is -2.27. The molecule has 1 aromatic rings. The first kappa shape index (κ1) is 14.7. The van der Waals surface area contributed by atoms with Crippen molar-refractivity contribution in [3.63, 3.8) is 0 Å². The summed E-state index contributed by atoms with van der Waals surface area (Å²) >= 11 is 0. The molecule has 110 valence electrons. The van der Waals surface area contributed by atoms with Crippen LogP contribution in [0.2, 0.25) is 0 Å². The van der Waals surface area contributed by atoms with Gasteiger partial charge in [0.2, 0.25) is 0 Å². The van der Waals surface area contributed by atoms with Gasteiger partial charge in [0.1, 0.15) is 0 Å². The molecule has 1 aliphatic heterocycles. The maximum absolute atomic E-state index is 11.1. The van der Waals surface area contributed by atoms with E-state index in [2.05, 4.69) is 6.92 Å². The van der Waals surface area contributed by atoms with E-state index < -0.39 is 11.4 Å². The number of aryl methyl sites for hydroxylation is 1. The zero-order valence-electron chi connectivity index (χ0n) is 12.4. The molecule has 0 spiro atoms. The molecule has 2 rings (SSSR count). The predicted molar refractivity (Wildman–Crippen MR) is 76.7 cm³/mol. The molecule has 0 aromatic heterocycles. The van der Waals surface area contributed by atoms with Gasteiger partial charge in [0.05, 0.1) is 19.6 Å². The maximum atomic E-state index is 11.1. The highest BCUT2D eigenvalue weighted by Crippen LogP contribution is 2.39. The maximum Gasteiger partial charge on any atom is 0.304 e. The standard InChI is InChI=1S/C16H22O4/c1-4-11-8-13-14(20-7-5-6-19-13)9-12(11)16(2,3)10-15(17)18/h8-9H,4-7,10H2,1-3H3,(H,17,18). The van der Waals surface area contributed by atoms with Gasteiger partial charge in [0.15, 0.2) is 11.5 Å². The molecule has 0 saturated carbocycles. The zero-order chi connectivity index (χ0) is 14.8. The van der Waals surface area contributed by atoms with Crippen molar-refractivity contribution < 1.29 is 19.4 Å². The zero-order valence-corrected chi connectivity index (χ0v) is 12.4. The second kappa shape index (κ2) is 5.73. The Bertz CT molecular complexity index is 505. The molecule has 1 heterocycles. The summed E-state index contributed by atoms with van der Waals surface area (Å²) in [6.45, 7) is 7.28. The van der Waals surface area contributed by atoms with Gasteiger partial charge in [-0.3, -0.25) is 4.79 Å². The number of hydrogen-bond acceptors (Lipinski definition) is 3. The lowest BCUT2D eigenvalue weighted by atomic mass is 9.78. The van der Waals surface area contributed by atoms with Crippen molar-refractivity contribution in [3.05, 3.63) is 23.3 Å². The van der Waals surface area contributed by atoms with Crippen molar-refractivity contribution in [2.45, 2.75) is 45.4 Å². The fourth-order valence-corrected chi connectivity index (χ4v) is 2.65. The molecule has 20 heavy (non-hydrogen) atoms. The first-order valence-electron chi connectivity index (χ1n) is 7.09. The fraction of sp³-hybridized carbons (Fsp3) is 0.562. The molecule has 0 saturated heterocycles. The van der Waals surface area contributed by atoms with Crippen LogP contribution in [0, 0.1) is 0 Å². The Balaban J connectivity index is 2.46. The number of fused-ring (bicyclic) bond motifs is 1. The molecule has 0 radical (unpaired) electrons. The quantitative estimate of drug-likeness (QED) is 0.919. The second-order valence-corrected chi connectivity index (χ2v) is 5.81. The van der Waals surface area contributed by atoms with E-state index in [1.165, 1.54) is 0 Å². The van der Waals surface area contributed by atoms with Crippen molar-refractivity contribution in [2.24, 2.45) is 0 Å². The van der Waals surface area contributed by atoms with Gasteiger partial charge in [-0.25, -0.2) is 0 Å². The van der Waals surface area contributed by atoms with E-state index in [1.807, 2.05) is 26.0 Å². The van der Waals surface area contributed by atoms with Crippen molar-refractivity contribution in [3.8, 4) is 11.5 Å². The number of rotatable bonds is 4. The molecular weight excluding hydrogens is 256 g/mol. The summed E-state index contributed by atoms with van der Waals surface area (Å²) in [6, 6.07) is 3.96. The lowest BCUT2D eigenvalue weighted by Crippen LogP contribution is -2.23. The summed E-state index contributed by atoms with van der Waals surface area (Å²) < 4.78 is 11.4. The Morgan fingerprint density at radius 1 is 1.25 bits per heavy atom. The molecule has 0 amide bonds. The number of hydrogen-bond donors (Lipinski definition) is 1. The molecule has 4 nitrogen and oxygen atoms in total. The summed E-state index contributed by atoms with van der Waals surface area (Å²) in [5.41, 5.74) is 1.73. The van der Waals surface area contributed by atoms with E-state index in [0.29, 0.717) is 13.2 Å². The van der Waals surface area contributed by atoms with Crippen molar-refractivity contribution in [2.75, 3.05) is 13.2 Å². The number of benzene rings is 1. The van der Waals surface area contributed by atoms with E-state index in [4.69, 9.17) is 14.6 Å². The second-order valence-electron chi connectivity index (χ2n) is 5.81. The van der Waals surface area contributed by atoms with Gasteiger partial charge in [-0.15, -0.1) is 0 Å². The van der Waals surface area contributed by atoms with Crippen molar-refractivity contribution in [1.29, 1.82) is 0 Å². The van der Waals surface area contributed by atoms with Gasteiger partial charge < -0.3 is 14.6 Å². The van der Waals surface area contributed by atoms with Crippen LogP contribution < -0.4 is 9.47 Å². The van der Waals surface area contributed by atoms with E-state index in [-0.39, 0.29) is 6.42 Å². The summed E-state index contributed by atoms with van der Waals surface area (Å²) in [5.74, 6) is 0.714. The van der Waals surface area contributed by atoms with Crippen LogP contribution in [-0.4, -0.2) is 24.3 Å². The summed E-state index contributed by atoms with van der Waals surface area (Å²) in [6.07, 6.45) is 1.80. The van der Waals surface area contributed by atoms with Gasteiger partial charge in [-0.2, -0.15) is 0 Å². The number of carboxylic acids is 1. The Morgan fingerprint density at radius 2 is 1.85 bits per heavy atom. The molecule has 0 bridgehead atoms. The van der Waals surface area contributed by atoms with Gasteiger partial charge >= 0.3 is 5.97 Å². The normalized spacial score (nSPS) is 14.8. The minimum atomic E-state index is -0.788. The summed E-state index contributed by atoms with van der Waals surface area (Å²) in [5, 5.41) is 9.10. The average Bonchev–Trinajstić information content (AvgIpc) is 2.60. The molecule has 0 unspecified atom stereocenters. The fourth-order valence-electron chi connectivity index (χ4n) is 2.65.